The summed E-state index contributed by atoms with van der Waals surface area (Å²) < 4.78 is 5.31. The average molecular weight is 766 g/mol. The lowest BCUT2D eigenvalue weighted by Gasteiger charge is -2.33. The molecule has 0 aromatic carbocycles. The number of carbonyl (C=O) groups is 6. The molecule has 1 aliphatic heterocycles. The molecule has 3 rings (SSSR count). The monoisotopic (exact) mass is 766 g/mol. The largest absolute Gasteiger partial charge is 0.464 e. The van der Waals surface area contributed by atoms with Crippen LogP contribution in [-0.4, -0.2) is 84.8 Å². The van der Waals surface area contributed by atoms with Gasteiger partial charge in [-0.15, -0.1) is 6.58 Å². The predicted molar refractivity (Wildman–Crippen MR) is 219 cm³/mol. The summed E-state index contributed by atoms with van der Waals surface area (Å²) in [6.07, 6.45) is 16.7. The Hall–Kier alpha value is -3.44. The van der Waals surface area contributed by atoms with Crippen LogP contribution in [0.15, 0.2) is 12.7 Å². The van der Waals surface area contributed by atoms with Crippen molar-refractivity contribution in [2.24, 2.45) is 23.2 Å². The minimum absolute atomic E-state index is 0. The van der Waals surface area contributed by atoms with Crippen LogP contribution in [0.1, 0.15) is 155 Å². The van der Waals surface area contributed by atoms with Crippen molar-refractivity contribution >= 4 is 36.0 Å². The molecule has 12 nitrogen and oxygen atoms in total. The van der Waals surface area contributed by atoms with Gasteiger partial charge in [0.05, 0.1) is 6.04 Å². The fourth-order valence-corrected chi connectivity index (χ4v) is 8.44. The van der Waals surface area contributed by atoms with E-state index < -0.39 is 41.8 Å². The molecule has 0 aromatic heterocycles. The van der Waals surface area contributed by atoms with E-state index in [9.17, 15) is 28.8 Å². The van der Waals surface area contributed by atoms with Crippen molar-refractivity contribution in [3.63, 3.8) is 0 Å². The van der Waals surface area contributed by atoms with Gasteiger partial charge in [0.15, 0.2) is 0 Å². The summed E-state index contributed by atoms with van der Waals surface area (Å²) in [7, 11) is 0. The number of likely N-dealkylation sites (tertiary alicyclic amines) is 1. The van der Waals surface area contributed by atoms with Crippen molar-refractivity contribution < 1.29 is 37.8 Å². The van der Waals surface area contributed by atoms with Gasteiger partial charge in [0.1, 0.15) is 18.2 Å². The first kappa shape index (κ1) is 46.7. The van der Waals surface area contributed by atoms with Gasteiger partial charge in [0.25, 0.3) is 12.4 Å². The maximum atomic E-state index is 14.0. The Morgan fingerprint density at radius 1 is 0.870 bits per heavy atom. The Bertz CT molecular complexity index is 1230. The van der Waals surface area contributed by atoms with Gasteiger partial charge in [-0.25, -0.2) is 4.79 Å². The van der Waals surface area contributed by atoms with Crippen LogP contribution in [0.5, 0.6) is 0 Å². The summed E-state index contributed by atoms with van der Waals surface area (Å²) in [5, 5.41) is 11.3. The zero-order chi connectivity index (χ0) is 40.1. The maximum absolute atomic E-state index is 14.0. The minimum atomic E-state index is -0.983. The van der Waals surface area contributed by atoms with Crippen LogP contribution in [0.4, 0.5) is 4.79 Å². The second-order valence-corrected chi connectivity index (χ2v) is 15.8. The topological polar surface area (TPSA) is 163 Å². The van der Waals surface area contributed by atoms with Crippen molar-refractivity contribution in [2.45, 2.75) is 175 Å². The third-order valence-electron chi connectivity index (χ3n) is 11.6. The molecule has 12 heteroatoms. The van der Waals surface area contributed by atoms with Gasteiger partial charge in [-0.1, -0.05) is 105 Å². The van der Waals surface area contributed by atoms with Crippen LogP contribution in [0.2, 0.25) is 0 Å². The first-order valence-corrected chi connectivity index (χ1v) is 21.2. The third kappa shape index (κ3) is 14.0. The number of Topliss-reactive ketones (excluding diaryl/α,β-unsaturated/α-hetero) is 1. The zero-order valence-electron chi connectivity index (χ0n) is 34.4. The van der Waals surface area contributed by atoms with E-state index in [2.05, 4.69) is 41.7 Å². The minimum Gasteiger partial charge on any atom is -0.464 e. The molecule has 1 saturated heterocycles. The fraction of sp³-hybridized carbons (Fsp3) is 0.810. The van der Waals surface area contributed by atoms with Crippen LogP contribution in [0, 0.1) is 23.2 Å². The molecule has 2 saturated carbocycles. The van der Waals surface area contributed by atoms with Crippen molar-refractivity contribution in [1.29, 1.82) is 0 Å². The van der Waals surface area contributed by atoms with Gasteiger partial charge in [0.2, 0.25) is 17.6 Å². The van der Waals surface area contributed by atoms with Crippen LogP contribution in [0.25, 0.3) is 0 Å². The van der Waals surface area contributed by atoms with Crippen molar-refractivity contribution in [3.8, 4) is 0 Å². The number of amides is 5. The second kappa shape index (κ2) is 24.9. The Kier molecular flexibility index (Phi) is 21.5. The number of piperidine rings is 1. The number of hydrogen-bond donors (Lipinski definition) is 4. The molecule has 4 N–H and O–H groups in total. The van der Waals surface area contributed by atoms with E-state index in [0.717, 1.165) is 70.6 Å². The van der Waals surface area contributed by atoms with Gasteiger partial charge < -0.3 is 30.9 Å². The SMILES string of the molecule is C=CCCNC(=O)C(=O)[C@H](CCCCC)NC(=O)[C@@H]1C2C(CN1C(=O)[C@H](CCC)NC(=O)NCCCCCCCC1CCCCC1OC=O)C2(C)C.CC.[HH].[HH].[HH]. The van der Waals surface area contributed by atoms with Gasteiger partial charge >= 0.3 is 6.03 Å². The zero-order valence-corrected chi connectivity index (χ0v) is 34.4. The molecule has 54 heavy (non-hydrogen) atoms. The molecule has 2 aliphatic carbocycles. The Balaban J connectivity index is 0. The van der Waals surface area contributed by atoms with E-state index in [1.54, 1.807) is 11.0 Å². The molecule has 0 aromatic rings. The molecule has 314 valence electrons. The molecule has 0 radical (unpaired) electrons. The molecule has 0 spiro atoms. The van der Waals surface area contributed by atoms with Crippen LogP contribution in [0.3, 0.4) is 0 Å². The molecule has 0 bridgehead atoms. The van der Waals surface area contributed by atoms with Crippen molar-refractivity contribution in [2.75, 3.05) is 19.6 Å². The second-order valence-electron chi connectivity index (χ2n) is 15.8. The van der Waals surface area contributed by atoms with E-state index in [1.807, 2.05) is 27.7 Å². The number of nitrogens with one attached hydrogen (secondary N) is 4. The summed E-state index contributed by atoms with van der Waals surface area (Å²) in [5.41, 5.74) is -0.142. The van der Waals surface area contributed by atoms with E-state index in [0.29, 0.717) is 57.6 Å². The van der Waals surface area contributed by atoms with Gasteiger partial charge in [0, 0.05) is 23.9 Å². The highest BCUT2D eigenvalue weighted by atomic mass is 16.5. The highest BCUT2D eigenvalue weighted by Crippen LogP contribution is 2.65. The third-order valence-corrected chi connectivity index (χ3v) is 11.6. The number of rotatable bonds is 25. The highest BCUT2D eigenvalue weighted by Gasteiger charge is 2.69. The summed E-state index contributed by atoms with van der Waals surface area (Å²) in [6, 6.07) is -2.96. The summed E-state index contributed by atoms with van der Waals surface area (Å²) >= 11 is 0. The lowest BCUT2D eigenvalue weighted by atomic mass is 9.83. The molecule has 4 unspecified atom stereocenters. The number of hydrogen-bond acceptors (Lipinski definition) is 7. The summed E-state index contributed by atoms with van der Waals surface area (Å²) in [5.74, 6) is -1.61. The van der Waals surface area contributed by atoms with Crippen molar-refractivity contribution in [1.82, 2.24) is 26.2 Å². The van der Waals surface area contributed by atoms with E-state index >= 15 is 0 Å². The van der Waals surface area contributed by atoms with Gasteiger partial charge in [-0.3, -0.25) is 24.0 Å². The Labute approximate surface area is 329 Å². The lowest BCUT2D eigenvalue weighted by Crippen LogP contribution is -2.58. The number of urea groups is 1. The number of nitrogens with zero attached hydrogens (tertiary/aromatic N) is 1. The molecule has 5 amide bonds. The first-order valence-electron chi connectivity index (χ1n) is 21.2. The van der Waals surface area contributed by atoms with Crippen LogP contribution < -0.4 is 21.3 Å². The standard InChI is InChI=1S/C40H67N5O7.C2H6.3H2/c1-6-9-14-22-30(35(47)37(49)41-24-10-7-2)43-36(48)34-33-29(40(33,4)5)26-45(34)38(50)31(19-8-3)44-39(51)42-25-18-13-11-12-15-20-28-21-16-17-23-32(28)52-27-46;1-2;;;/h7,27-34H,2,6,8-26H2,1,3-5H3,(H,41,49)(H,43,48)(H2,42,44,51);1-2H3;3*1H/t28?,29?,30-,31-,32?,33?,34-;;;;/m0..../s1. The van der Waals surface area contributed by atoms with Gasteiger partial charge in [-0.2, -0.15) is 0 Å². The van der Waals surface area contributed by atoms with Crippen molar-refractivity contribution in [3.05, 3.63) is 12.7 Å². The van der Waals surface area contributed by atoms with E-state index in [-0.39, 0.29) is 40.1 Å². The normalized spacial score (nSPS) is 23.3. The van der Waals surface area contributed by atoms with Gasteiger partial charge in [-0.05, 0) is 74.5 Å². The van der Waals surface area contributed by atoms with Crippen LogP contribution >= 0.6 is 0 Å². The lowest BCUT2D eigenvalue weighted by molar-refractivity contribution is -0.144. The maximum Gasteiger partial charge on any atom is 0.315 e. The Morgan fingerprint density at radius 2 is 1.57 bits per heavy atom. The number of carbonyl (C=O) groups excluding carboxylic acids is 6. The molecule has 1 heterocycles. The molecular formula is C42H79N5O7. The quantitative estimate of drug-likeness (QED) is 0.0334. The number of unbranched alkanes of at least 4 members (excludes halogenated alkanes) is 6. The molecular weight excluding hydrogens is 686 g/mol. The number of ketones is 1. The molecule has 3 aliphatic rings. The fourth-order valence-electron chi connectivity index (χ4n) is 8.44. The summed E-state index contributed by atoms with van der Waals surface area (Å²) in [6.45, 7) is 17.6. The highest BCUT2D eigenvalue weighted by molar-refractivity contribution is 6.38. The van der Waals surface area contributed by atoms with E-state index in [4.69, 9.17) is 4.74 Å². The Morgan fingerprint density at radius 3 is 2.26 bits per heavy atom. The molecule has 7 atom stereocenters. The van der Waals surface area contributed by atoms with Crippen LogP contribution in [-0.2, 0) is 28.7 Å². The average Bonchev–Trinajstić information content (AvgIpc) is 3.45. The first-order chi connectivity index (χ1) is 26.0. The number of fused-ring (bicyclic) bond motifs is 1. The smallest absolute Gasteiger partial charge is 0.315 e. The van der Waals surface area contributed by atoms with E-state index in [1.165, 1.54) is 6.42 Å². The molecule has 3 fully saturated rings. The predicted octanol–water partition coefficient (Wildman–Crippen LogP) is 7.10. The summed E-state index contributed by atoms with van der Waals surface area (Å²) in [4.78, 5) is 79.3. The number of ether oxygens (including phenoxy) is 1.